The van der Waals surface area contributed by atoms with E-state index >= 15 is 0 Å². The zero-order chi connectivity index (χ0) is 15.7. The smallest absolute Gasteiger partial charge is 0.352 e. The number of rotatable bonds is 2. The molecule has 0 aromatic rings. The lowest BCUT2D eigenvalue weighted by molar-refractivity contribution is -0.222. The number of amides is 2. The van der Waals surface area contributed by atoms with Gasteiger partial charge in [-0.15, -0.1) is 0 Å². The van der Waals surface area contributed by atoms with Crippen molar-refractivity contribution in [3.05, 3.63) is 0 Å². The van der Waals surface area contributed by atoms with E-state index in [2.05, 4.69) is 10.6 Å². The van der Waals surface area contributed by atoms with Crippen molar-refractivity contribution in [2.75, 3.05) is 26.2 Å². The minimum atomic E-state index is -4.56. The van der Waals surface area contributed by atoms with Gasteiger partial charge in [-0.3, -0.25) is 9.59 Å². The largest absolute Gasteiger partial charge is 0.404 e. The summed E-state index contributed by atoms with van der Waals surface area (Å²) in [5.41, 5.74) is -2.31. The molecular formula is C13H20F3N3O2. The fourth-order valence-corrected chi connectivity index (χ4v) is 3.11. The van der Waals surface area contributed by atoms with Crippen LogP contribution in [0.3, 0.4) is 0 Å². The minimum Gasteiger partial charge on any atom is -0.352 e. The van der Waals surface area contributed by atoms with Gasteiger partial charge >= 0.3 is 6.18 Å². The molecule has 2 saturated heterocycles. The fourth-order valence-electron chi connectivity index (χ4n) is 3.11. The number of piperidine rings is 1. The van der Waals surface area contributed by atoms with Gasteiger partial charge in [0, 0.05) is 32.6 Å². The number of halogens is 3. The summed E-state index contributed by atoms with van der Waals surface area (Å²) in [6.45, 7) is 1.65. The van der Waals surface area contributed by atoms with Crippen molar-refractivity contribution < 1.29 is 22.8 Å². The van der Waals surface area contributed by atoms with Crippen molar-refractivity contribution in [1.29, 1.82) is 0 Å². The third-order valence-electron chi connectivity index (χ3n) is 4.22. The van der Waals surface area contributed by atoms with Crippen molar-refractivity contribution >= 4 is 11.8 Å². The van der Waals surface area contributed by atoms with Gasteiger partial charge in [0.2, 0.25) is 11.8 Å². The first-order valence-electron chi connectivity index (χ1n) is 7.10. The predicted molar refractivity (Wildman–Crippen MR) is 69.4 cm³/mol. The first-order chi connectivity index (χ1) is 9.76. The number of likely N-dealkylation sites (tertiary alicyclic amines) is 1. The van der Waals surface area contributed by atoms with E-state index < -0.39 is 17.5 Å². The Morgan fingerprint density at radius 3 is 2.62 bits per heavy atom. The van der Waals surface area contributed by atoms with Crippen molar-refractivity contribution in [2.24, 2.45) is 5.41 Å². The van der Waals surface area contributed by atoms with Crippen molar-refractivity contribution in [1.82, 2.24) is 15.5 Å². The quantitative estimate of drug-likeness (QED) is 0.788. The molecule has 0 radical (unpaired) electrons. The summed E-state index contributed by atoms with van der Waals surface area (Å²) in [5, 5.41) is 5.32. The maximum atomic E-state index is 13.4. The maximum Gasteiger partial charge on any atom is 0.404 e. The van der Waals surface area contributed by atoms with Gasteiger partial charge in [-0.2, -0.15) is 13.2 Å². The molecule has 120 valence electrons. The molecular weight excluding hydrogens is 287 g/mol. The van der Waals surface area contributed by atoms with Gasteiger partial charge in [0.25, 0.3) is 0 Å². The van der Waals surface area contributed by atoms with Crippen LogP contribution >= 0.6 is 0 Å². The Bertz CT molecular complexity index is 419. The lowest BCUT2D eigenvalue weighted by Gasteiger charge is -2.39. The van der Waals surface area contributed by atoms with Crippen molar-refractivity contribution in [3.63, 3.8) is 0 Å². The number of nitrogens with one attached hydrogen (secondary N) is 2. The monoisotopic (exact) mass is 307 g/mol. The minimum absolute atomic E-state index is 0.149. The molecule has 0 aliphatic carbocycles. The topological polar surface area (TPSA) is 61.4 Å². The summed E-state index contributed by atoms with van der Waals surface area (Å²) in [4.78, 5) is 24.8. The van der Waals surface area contributed by atoms with E-state index in [1.54, 1.807) is 0 Å². The first kappa shape index (κ1) is 16.1. The second kappa shape index (κ2) is 5.82. The Morgan fingerprint density at radius 1 is 1.38 bits per heavy atom. The number of carbonyl (C=O) groups is 2. The summed E-state index contributed by atoms with van der Waals surface area (Å²) in [5.74, 6) is -1.10. The van der Waals surface area contributed by atoms with E-state index in [4.69, 9.17) is 0 Å². The van der Waals surface area contributed by atoms with E-state index in [1.165, 1.54) is 11.8 Å². The van der Waals surface area contributed by atoms with Crippen LogP contribution < -0.4 is 10.6 Å². The van der Waals surface area contributed by atoms with Crippen LogP contribution in [0.1, 0.15) is 26.2 Å². The molecule has 2 fully saturated rings. The molecule has 0 aromatic heterocycles. The Balaban J connectivity index is 2.12. The molecule has 2 heterocycles. The Kier molecular flexibility index (Phi) is 4.46. The molecule has 0 spiro atoms. The second-order valence-electron chi connectivity index (χ2n) is 5.80. The summed E-state index contributed by atoms with van der Waals surface area (Å²) in [7, 11) is 0. The number of nitrogens with zero attached hydrogens (tertiary/aromatic N) is 1. The van der Waals surface area contributed by atoms with E-state index in [0.717, 1.165) is 0 Å². The van der Waals surface area contributed by atoms with Gasteiger partial charge in [-0.1, -0.05) is 0 Å². The molecule has 2 rings (SSSR count). The number of hydrogen-bond donors (Lipinski definition) is 2. The molecule has 0 aromatic carbocycles. The summed E-state index contributed by atoms with van der Waals surface area (Å²) < 4.78 is 40.1. The number of carbonyl (C=O) groups excluding carboxylic acids is 2. The van der Waals surface area contributed by atoms with E-state index in [1.807, 2.05) is 0 Å². The standard InChI is InChI=1S/C13H20F3N3O2/c1-9(20)18-10-3-2-6-19(7-10)11(21)12(13(14,15)16)4-5-17-8-12/h10,17H,2-8H2,1H3,(H,18,20). The molecule has 0 saturated carbocycles. The molecule has 2 aliphatic rings. The van der Waals surface area contributed by atoms with Gasteiger partial charge in [-0.25, -0.2) is 0 Å². The molecule has 8 heteroatoms. The van der Waals surface area contributed by atoms with E-state index in [0.29, 0.717) is 19.4 Å². The van der Waals surface area contributed by atoms with Crippen LogP contribution in [0.15, 0.2) is 0 Å². The van der Waals surface area contributed by atoms with Gasteiger partial charge in [0.15, 0.2) is 5.41 Å². The third kappa shape index (κ3) is 3.14. The van der Waals surface area contributed by atoms with E-state index in [9.17, 15) is 22.8 Å². The highest BCUT2D eigenvalue weighted by molar-refractivity contribution is 5.84. The highest BCUT2D eigenvalue weighted by Gasteiger charge is 2.62. The van der Waals surface area contributed by atoms with Gasteiger partial charge < -0.3 is 15.5 Å². The first-order valence-corrected chi connectivity index (χ1v) is 7.10. The SMILES string of the molecule is CC(=O)NC1CCCN(C(=O)C2(C(F)(F)F)CCNC2)C1. The molecule has 2 unspecified atom stereocenters. The highest BCUT2D eigenvalue weighted by atomic mass is 19.4. The van der Waals surface area contributed by atoms with Crippen molar-refractivity contribution in [3.8, 4) is 0 Å². The average Bonchev–Trinajstić information content (AvgIpc) is 2.87. The number of hydrogen-bond acceptors (Lipinski definition) is 3. The second-order valence-corrected chi connectivity index (χ2v) is 5.80. The summed E-state index contributed by atoms with van der Waals surface area (Å²) in [6.07, 6.45) is -3.51. The number of alkyl halides is 3. The molecule has 2 aliphatic heterocycles. The lowest BCUT2D eigenvalue weighted by Crippen LogP contribution is -2.58. The molecule has 2 amide bonds. The fraction of sp³-hybridized carbons (Fsp3) is 0.846. The van der Waals surface area contributed by atoms with Crippen LogP contribution in [0.25, 0.3) is 0 Å². The predicted octanol–water partition coefficient (Wildman–Crippen LogP) is 0.655. The maximum absolute atomic E-state index is 13.4. The van der Waals surface area contributed by atoms with Crippen LogP contribution in [0.2, 0.25) is 0 Å². The van der Waals surface area contributed by atoms with Crippen LogP contribution in [0.4, 0.5) is 13.2 Å². The molecule has 0 bridgehead atoms. The van der Waals surface area contributed by atoms with Gasteiger partial charge in [-0.05, 0) is 25.8 Å². The zero-order valence-corrected chi connectivity index (χ0v) is 11.9. The summed E-state index contributed by atoms with van der Waals surface area (Å²) >= 11 is 0. The van der Waals surface area contributed by atoms with E-state index in [-0.39, 0.29) is 38.0 Å². The van der Waals surface area contributed by atoms with Crippen molar-refractivity contribution in [2.45, 2.75) is 38.4 Å². The normalized spacial score (nSPS) is 30.3. The highest BCUT2D eigenvalue weighted by Crippen LogP contribution is 2.44. The average molecular weight is 307 g/mol. The van der Waals surface area contributed by atoms with Crippen LogP contribution in [0.5, 0.6) is 0 Å². The van der Waals surface area contributed by atoms with Crippen LogP contribution in [-0.4, -0.2) is 55.1 Å². The van der Waals surface area contributed by atoms with Gasteiger partial charge in [0.1, 0.15) is 0 Å². The molecule has 2 N–H and O–H groups in total. The Morgan fingerprint density at radius 2 is 2.10 bits per heavy atom. The Hall–Kier alpha value is -1.31. The van der Waals surface area contributed by atoms with Gasteiger partial charge in [0.05, 0.1) is 0 Å². The summed E-state index contributed by atoms with van der Waals surface area (Å²) in [6, 6.07) is -0.264. The van der Waals surface area contributed by atoms with Crippen LogP contribution in [0, 0.1) is 5.41 Å². The molecule has 5 nitrogen and oxygen atoms in total. The lowest BCUT2D eigenvalue weighted by atomic mass is 9.83. The molecule has 2 atom stereocenters. The zero-order valence-electron chi connectivity index (χ0n) is 11.9. The Labute approximate surface area is 121 Å². The third-order valence-corrected chi connectivity index (χ3v) is 4.22. The molecule has 21 heavy (non-hydrogen) atoms. The van der Waals surface area contributed by atoms with Crippen LogP contribution in [-0.2, 0) is 9.59 Å².